The van der Waals surface area contributed by atoms with E-state index in [0.717, 1.165) is 18.4 Å². The molecule has 0 bridgehead atoms. The Kier molecular flexibility index (Phi) is 4.29. The average molecular weight is 439 g/mol. The number of rotatable bonds is 3. The van der Waals surface area contributed by atoms with E-state index in [4.69, 9.17) is 11.6 Å². The lowest BCUT2D eigenvalue weighted by molar-refractivity contribution is -0.120. The maximum atomic E-state index is 13.9. The highest BCUT2D eigenvalue weighted by Crippen LogP contribution is 2.57. The van der Waals surface area contributed by atoms with Gasteiger partial charge >= 0.3 is 0 Å². The highest BCUT2D eigenvalue weighted by atomic mass is 35.5. The largest absolute Gasteiger partial charge is 0.353 e. The zero-order chi connectivity index (χ0) is 20.4. The van der Waals surface area contributed by atoms with Crippen molar-refractivity contribution in [3.8, 4) is 0 Å². The number of hydrogen-bond acceptors (Lipinski definition) is 6. The van der Waals surface area contributed by atoms with Crippen molar-refractivity contribution in [3.05, 3.63) is 46.6 Å². The summed E-state index contributed by atoms with van der Waals surface area (Å²) in [5, 5.41) is 0.0822. The van der Waals surface area contributed by atoms with E-state index in [-0.39, 0.29) is 35.1 Å². The molecule has 3 aliphatic rings. The smallest absolute Gasteiger partial charge is 0.238 e. The van der Waals surface area contributed by atoms with Crippen LogP contribution in [0.25, 0.3) is 0 Å². The van der Waals surface area contributed by atoms with Crippen LogP contribution in [0.4, 0.5) is 15.9 Å². The van der Waals surface area contributed by atoms with Crippen LogP contribution in [0.3, 0.4) is 0 Å². The molecular formula is C19H20ClFN4O3S. The van der Waals surface area contributed by atoms with Gasteiger partial charge in [-0.1, -0.05) is 6.07 Å². The first kappa shape index (κ1) is 19.0. The van der Waals surface area contributed by atoms with Crippen LogP contribution in [0.5, 0.6) is 0 Å². The molecule has 2 aromatic rings. The second kappa shape index (κ2) is 6.53. The zero-order valence-corrected chi connectivity index (χ0v) is 17.1. The Bertz CT molecular complexity index is 1010. The number of nitrogens with zero attached hydrogens (tertiary/aromatic N) is 4. The van der Waals surface area contributed by atoms with Gasteiger partial charge in [-0.15, -0.1) is 0 Å². The van der Waals surface area contributed by atoms with Gasteiger partial charge in [0, 0.05) is 24.8 Å². The lowest BCUT2D eigenvalue weighted by Crippen LogP contribution is -2.40. The van der Waals surface area contributed by atoms with Crippen LogP contribution in [0, 0.1) is 5.82 Å². The van der Waals surface area contributed by atoms with Crippen LogP contribution in [-0.4, -0.2) is 49.6 Å². The third kappa shape index (κ3) is 3.16. The molecule has 0 radical (unpaired) electrons. The monoisotopic (exact) mass is 438 g/mol. The molecule has 1 saturated carbocycles. The van der Waals surface area contributed by atoms with Crippen molar-refractivity contribution < 1.29 is 18.3 Å². The van der Waals surface area contributed by atoms with Crippen molar-refractivity contribution in [2.45, 2.75) is 24.8 Å². The van der Waals surface area contributed by atoms with Gasteiger partial charge in [-0.05, 0) is 42.1 Å². The van der Waals surface area contributed by atoms with Crippen LogP contribution in [0.1, 0.15) is 24.0 Å². The molecular weight excluding hydrogens is 419 g/mol. The first-order chi connectivity index (χ1) is 13.8. The Morgan fingerprint density at radius 2 is 1.97 bits per heavy atom. The van der Waals surface area contributed by atoms with Gasteiger partial charge < -0.3 is 9.80 Å². The average Bonchev–Trinajstić information content (AvgIpc) is 3.44. The quantitative estimate of drug-likeness (QED) is 0.714. The third-order valence-electron chi connectivity index (χ3n) is 5.99. The fourth-order valence-corrected chi connectivity index (χ4v) is 5.61. The van der Waals surface area contributed by atoms with E-state index in [9.17, 15) is 18.3 Å². The number of fused-ring (bicyclic) bond motifs is 2. The third-order valence-corrected chi connectivity index (χ3v) is 7.84. The molecule has 154 valence electrons. The number of halogens is 2. The number of carbonyl (C=O) groups is 1. The molecule has 2 aliphatic heterocycles. The molecule has 5 rings (SSSR count). The number of carbonyl (C=O) groups excluding carboxylic acids is 1. The van der Waals surface area contributed by atoms with Crippen molar-refractivity contribution in [1.29, 1.82) is 0 Å². The van der Waals surface area contributed by atoms with Crippen LogP contribution >= 0.6 is 22.2 Å². The van der Waals surface area contributed by atoms with Gasteiger partial charge in [-0.25, -0.2) is 14.4 Å². The minimum absolute atomic E-state index is 0.0215. The van der Waals surface area contributed by atoms with Crippen molar-refractivity contribution in [3.63, 3.8) is 0 Å². The van der Waals surface area contributed by atoms with Gasteiger partial charge in [-0.3, -0.25) is 13.9 Å². The molecule has 0 unspecified atom stereocenters. The molecule has 10 heteroatoms. The van der Waals surface area contributed by atoms with Gasteiger partial charge in [0.05, 0.1) is 29.2 Å². The maximum absolute atomic E-state index is 13.9. The van der Waals surface area contributed by atoms with Crippen molar-refractivity contribution in [2.24, 2.45) is 0 Å². The normalized spacial score (nSPS) is 22.7. The molecule has 1 aliphatic carbocycles. The molecule has 3 heterocycles. The van der Waals surface area contributed by atoms with E-state index in [1.807, 2.05) is 4.90 Å². The van der Waals surface area contributed by atoms with E-state index in [2.05, 4.69) is 9.97 Å². The molecule has 1 aromatic carbocycles. The van der Waals surface area contributed by atoms with Crippen LogP contribution in [0.2, 0.25) is 5.28 Å². The van der Waals surface area contributed by atoms with Crippen molar-refractivity contribution in [1.82, 2.24) is 9.97 Å². The summed E-state index contributed by atoms with van der Waals surface area (Å²) in [7, 11) is -2.55. The standard InChI is InChI=1S/C19H20ClFN4O3S/c20-18-22-10-12(16(23-18)24-5-7-29(27,28)8-6-24)11-25-15-9-13(21)1-2-14(15)19(3-4-19)17(25)26/h1-2,9-10,27-28H,3-8,11H2. The topological polar surface area (TPSA) is 89.8 Å². The van der Waals surface area contributed by atoms with Crippen molar-refractivity contribution >= 4 is 39.6 Å². The molecule has 29 heavy (non-hydrogen) atoms. The van der Waals surface area contributed by atoms with Gasteiger partial charge in [-0.2, -0.15) is 10.6 Å². The summed E-state index contributed by atoms with van der Waals surface area (Å²) in [4.78, 5) is 25.1. The number of amides is 1. The number of hydrogen-bond donors (Lipinski definition) is 2. The van der Waals surface area contributed by atoms with E-state index >= 15 is 0 Å². The van der Waals surface area contributed by atoms with Crippen LogP contribution in [-0.2, 0) is 16.8 Å². The molecule has 2 fully saturated rings. The van der Waals surface area contributed by atoms with Crippen LogP contribution in [0.15, 0.2) is 24.4 Å². The minimum atomic E-state index is -2.55. The molecule has 1 aromatic heterocycles. The summed E-state index contributed by atoms with van der Waals surface area (Å²) in [6.07, 6.45) is 3.13. The Balaban J connectivity index is 1.49. The second-order valence-corrected chi connectivity index (χ2v) is 10.6. The SMILES string of the molecule is O=C1N(Cc2cnc(Cl)nc2N2CCS(O)(O)CC2)c2cc(F)ccc2C12CC2. The molecule has 7 nitrogen and oxygen atoms in total. The molecule has 1 amide bonds. The van der Waals surface area contributed by atoms with Gasteiger partial charge in [0.15, 0.2) is 0 Å². The predicted molar refractivity (Wildman–Crippen MR) is 110 cm³/mol. The fourth-order valence-electron chi connectivity index (χ4n) is 4.25. The van der Waals surface area contributed by atoms with E-state index in [1.54, 1.807) is 17.2 Å². The van der Waals surface area contributed by atoms with Crippen LogP contribution < -0.4 is 9.80 Å². The number of benzene rings is 1. The highest BCUT2D eigenvalue weighted by Gasteiger charge is 2.59. The predicted octanol–water partition coefficient (Wildman–Crippen LogP) is 3.42. The molecule has 1 spiro atoms. The Morgan fingerprint density at radius 3 is 2.66 bits per heavy atom. The van der Waals surface area contributed by atoms with Gasteiger partial charge in [0.25, 0.3) is 0 Å². The second-order valence-electron chi connectivity index (χ2n) is 7.82. The lowest BCUT2D eigenvalue weighted by Gasteiger charge is -2.41. The van der Waals surface area contributed by atoms with Gasteiger partial charge in [0.1, 0.15) is 11.6 Å². The first-order valence-electron chi connectivity index (χ1n) is 9.41. The minimum Gasteiger partial charge on any atom is -0.353 e. The number of anilines is 2. The van der Waals surface area contributed by atoms with E-state index in [0.29, 0.717) is 30.2 Å². The van der Waals surface area contributed by atoms with Gasteiger partial charge in [0.2, 0.25) is 11.2 Å². The molecule has 0 atom stereocenters. The Labute approximate surface area is 173 Å². The number of aromatic nitrogens is 2. The Morgan fingerprint density at radius 1 is 1.24 bits per heavy atom. The summed E-state index contributed by atoms with van der Waals surface area (Å²) >= 11 is 6.02. The summed E-state index contributed by atoms with van der Waals surface area (Å²) < 4.78 is 33.7. The first-order valence-corrected chi connectivity index (χ1v) is 11.7. The lowest BCUT2D eigenvalue weighted by atomic mass is 9.98. The summed E-state index contributed by atoms with van der Waals surface area (Å²) in [5.74, 6) is 0.684. The highest BCUT2D eigenvalue weighted by molar-refractivity contribution is 8.24. The Hall–Kier alpha value is -1.94. The maximum Gasteiger partial charge on any atom is 0.238 e. The van der Waals surface area contributed by atoms with E-state index < -0.39 is 16.0 Å². The summed E-state index contributed by atoms with van der Waals surface area (Å²) in [6.45, 7) is 1.05. The summed E-state index contributed by atoms with van der Waals surface area (Å²) in [6, 6.07) is 4.52. The van der Waals surface area contributed by atoms with Crippen molar-refractivity contribution in [2.75, 3.05) is 34.4 Å². The summed E-state index contributed by atoms with van der Waals surface area (Å²) in [5.41, 5.74) is 1.65. The van der Waals surface area contributed by atoms with E-state index in [1.165, 1.54) is 12.1 Å². The molecule has 1 saturated heterocycles. The fraction of sp³-hybridized carbons (Fsp3) is 0.421. The zero-order valence-electron chi connectivity index (χ0n) is 15.5. The molecule has 2 N–H and O–H groups in total.